The molecule has 1 fully saturated rings. The monoisotopic (exact) mass is 368 g/mol. The topological polar surface area (TPSA) is 68.1 Å². The van der Waals surface area contributed by atoms with E-state index >= 15 is 0 Å². The van der Waals surface area contributed by atoms with Crippen molar-refractivity contribution in [2.75, 3.05) is 13.1 Å². The van der Waals surface area contributed by atoms with Crippen molar-refractivity contribution in [1.29, 1.82) is 0 Å². The number of rotatable bonds is 5. The van der Waals surface area contributed by atoms with E-state index in [2.05, 4.69) is 10.3 Å². The number of hydrogen-bond acceptors (Lipinski definition) is 4. The fourth-order valence-electron chi connectivity index (χ4n) is 3.11. The van der Waals surface area contributed by atoms with Crippen LogP contribution in [0.1, 0.15) is 17.2 Å². The van der Waals surface area contributed by atoms with Crippen molar-refractivity contribution in [3.8, 4) is 11.3 Å². The molecule has 0 radical (unpaired) electrons. The molecule has 0 bridgehead atoms. The highest BCUT2D eigenvalue weighted by Crippen LogP contribution is 2.27. The van der Waals surface area contributed by atoms with Crippen LogP contribution in [-0.2, 0) is 15.8 Å². The number of benzene rings is 2. The molecule has 1 aliphatic rings. The third kappa shape index (κ3) is 3.40. The third-order valence-electron chi connectivity index (χ3n) is 4.61. The molecule has 0 amide bonds. The van der Waals surface area contributed by atoms with Crippen LogP contribution in [0.5, 0.6) is 0 Å². The van der Waals surface area contributed by atoms with Crippen molar-refractivity contribution in [1.82, 2.24) is 19.3 Å². The van der Waals surface area contributed by atoms with E-state index in [-0.39, 0.29) is 11.8 Å². The standard InChI is InChI=1S/C19H20N4O2S/c1-15-6-5-7-16(10-15)14-26(24,25)22-11-18(12-22)23-13-19(20-21-23)17-8-3-2-4-9-17/h2-10,13,18H,11-12,14H2,1H3. The highest BCUT2D eigenvalue weighted by molar-refractivity contribution is 7.88. The zero-order valence-electron chi connectivity index (χ0n) is 14.5. The Hall–Kier alpha value is -2.51. The molecular formula is C19H20N4O2S. The molecule has 2 heterocycles. The van der Waals surface area contributed by atoms with Crippen LogP contribution >= 0.6 is 0 Å². The lowest BCUT2D eigenvalue weighted by Gasteiger charge is -2.37. The minimum Gasteiger partial charge on any atom is -0.246 e. The quantitative estimate of drug-likeness (QED) is 0.694. The van der Waals surface area contributed by atoms with Gasteiger partial charge < -0.3 is 0 Å². The van der Waals surface area contributed by atoms with Gasteiger partial charge in [0.25, 0.3) is 0 Å². The van der Waals surface area contributed by atoms with Crippen molar-refractivity contribution >= 4 is 10.0 Å². The first-order valence-electron chi connectivity index (χ1n) is 8.52. The molecule has 3 aromatic rings. The summed E-state index contributed by atoms with van der Waals surface area (Å²) in [5.74, 6) is 0.0357. The van der Waals surface area contributed by atoms with Gasteiger partial charge in [0.1, 0.15) is 5.69 Å². The van der Waals surface area contributed by atoms with Gasteiger partial charge in [0.2, 0.25) is 10.0 Å². The summed E-state index contributed by atoms with van der Waals surface area (Å²) >= 11 is 0. The van der Waals surface area contributed by atoms with E-state index in [1.165, 1.54) is 4.31 Å². The predicted octanol–water partition coefficient (Wildman–Crippen LogP) is 2.64. The predicted molar refractivity (Wildman–Crippen MR) is 99.9 cm³/mol. The van der Waals surface area contributed by atoms with Crippen molar-refractivity contribution in [3.05, 3.63) is 71.9 Å². The molecule has 1 aliphatic heterocycles. The number of hydrogen-bond donors (Lipinski definition) is 0. The van der Waals surface area contributed by atoms with Crippen molar-refractivity contribution < 1.29 is 8.42 Å². The first-order chi connectivity index (χ1) is 12.5. The molecule has 1 saturated heterocycles. The van der Waals surface area contributed by atoms with Gasteiger partial charge in [0.05, 0.1) is 18.0 Å². The first-order valence-corrected chi connectivity index (χ1v) is 10.1. The smallest absolute Gasteiger partial charge is 0.218 e. The SMILES string of the molecule is Cc1cccc(CS(=O)(=O)N2CC(n3cc(-c4ccccc4)nn3)C2)c1. The Balaban J connectivity index is 1.41. The maximum Gasteiger partial charge on any atom is 0.218 e. The number of nitrogens with zero attached hydrogens (tertiary/aromatic N) is 4. The second kappa shape index (κ2) is 6.66. The fourth-order valence-corrected chi connectivity index (χ4v) is 4.69. The van der Waals surface area contributed by atoms with E-state index in [1.807, 2.05) is 67.7 Å². The average Bonchev–Trinajstić information content (AvgIpc) is 3.03. The number of aromatic nitrogens is 3. The lowest BCUT2D eigenvalue weighted by molar-refractivity contribution is 0.188. The summed E-state index contributed by atoms with van der Waals surface area (Å²) in [4.78, 5) is 0. The maximum atomic E-state index is 12.6. The van der Waals surface area contributed by atoms with Gasteiger partial charge >= 0.3 is 0 Å². The van der Waals surface area contributed by atoms with Gasteiger partial charge in [-0.2, -0.15) is 4.31 Å². The highest BCUT2D eigenvalue weighted by atomic mass is 32.2. The molecule has 0 atom stereocenters. The summed E-state index contributed by atoms with van der Waals surface area (Å²) in [5, 5.41) is 8.37. The van der Waals surface area contributed by atoms with Crippen molar-refractivity contribution in [2.24, 2.45) is 0 Å². The molecule has 26 heavy (non-hydrogen) atoms. The maximum absolute atomic E-state index is 12.6. The molecule has 0 spiro atoms. The molecule has 0 aliphatic carbocycles. The summed E-state index contributed by atoms with van der Waals surface area (Å²) < 4.78 is 28.4. The Morgan fingerprint density at radius 3 is 2.58 bits per heavy atom. The van der Waals surface area contributed by atoms with Gasteiger partial charge in [-0.25, -0.2) is 13.1 Å². The first kappa shape index (κ1) is 16.9. The summed E-state index contributed by atoms with van der Waals surface area (Å²) in [7, 11) is -3.31. The van der Waals surface area contributed by atoms with Gasteiger partial charge in [0, 0.05) is 18.7 Å². The van der Waals surface area contributed by atoms with E-state index in [9.17, 15) is 8.42 Å². The molecule has 7 heteroatoms. The highest BCUT2D eigenvalue weighted by Gasteiger charge is 2.37. The summed E-state index contributed by atoms with van der Waals surface area (Å²) in [6.45, 7) is 2.84. The largest absolute Gasteiger partial charge is 0.246 e. The van der Waals surface area contributed by atoms with Gasteiger partial charge in [-0.15, -0.1) is 5.10 Å². The number of aryl methyl sites for hydroxylation is 1. The molecule has 2 aromatic carbocycles. The summed E-state index contributed by atoms with van der Waals surface area (Å²) in [5.41, 5.74) is 3.68. The second-order valence-electron chi connectivity index (χ2n) is 6.67. The lowest BCUT2D eigenvalue weighted by Crippen LogP contribution is -2.51. The Kier molecular flexibility index (Phi) is 4.34. The summed E-state index contributed by atoms with van der Waals surface area (Å²) in [6.07, 6.45) is 1.88. The normalized spacial score (nSPS) is 15.7. The van der Waals surface area contributed by atoms with Gasteiger partial charge in [0.15, 0.2) is 0 Å². The van der Waals surface area contributed by atoms with Crippen LogP contribution < -0.4 is 0 Å². The van der Waals surface area contributed by atoms with Crippen molar-refractivity contribution in [3.63, 3.8) is 0 Å². The van der Waals surface area contributed by atoms with Crippen LogP contribution in [0, 0.1) is 6.92 Å². The Morgan fingerprint density at radius 2 is 1.85 bits per heavy atom. The van der Waals surface area contributed by atoms with Crippen molar-refractivity contribution in [2.45, 2.75) is 18.7 Å². The minimum atomic E-state index is -3.31. The summed E-state index contributed by atoms with van der Waals surface area (Å²) in [6, 6.07) is 17.5. The van der Waals surface area contributed by atoms with E-state index in [0.717, 1.165) is 22.4 Å². The molecule has 6 nitrogen and oxygen atoms in total. The molecule has 0 N–H and O–H groups in total. The Morgan fingerprint density at radius 1 is 1.08 bits per heavy atom. The van der Waals surface area contributed by atoms with E-state index in [1.54, 1.807) is 4.68 Å². The van der Waals surface area contributed by atoms with E-state index < -0.39 is 10.0 Å². The van der Waals surface area contributed by atoms with Crippen LogP contribution in [0.3, 0.4) is 0 Å². The van der Waals surface area contributed by atoms with E-state index in [0.29, 0.717) is 13.1 Å². The lowest BCUT2D eigenvalue weighted by atomic mass is 10.1. The molecule has 0 saturated carbocycles. The van der Waals surface area contributed by atoms with Gasteiger partial charge in [-0.1, -0.05) is 65.4 Å². The molecule has 4 rings (SSSR count). The van der Waals surface area contributed by atoms with Crippen LogP contribution in [0.15, 0.2) is 60.8 Å². The van der Waals surface area contributed by atoms with Crippen LogP contribution in [0.25, 0.3) is 11.3 Å². The van der Waals surface area contributed by atoms with Gasteiger partial charge in [-0.05, 0) is 12.5 Å². The molecular weight excluding hydrogens is 348 g/mol. The minimum absolute atomic E-state index is 0.0345. The zero-order chi connectivity index (χ0) is 18.1. The second-order valence-corrected chi connectivity index (χ2v) is 8.63. The van der Waals surface area contributed by atoms with Crippen LogP contribution in [0.4, 0.5) is 0 Å². The molecule has 1 aromatic heterocycles. The Labute approximate surface area is 153 Å². The van der Waals surface area contributed by atoms with Crippen LogP contribution in [-0.4, -0.2) is 40.8 Å². The zero-order valence-corrected chi connectivity index (χ0v) is 15.3. The molecule has 0 unspecified atom stereocenters. The van der Waals surface area contributed by atoms with Crippen LogP contribution in [0.2, 0.25) is 0 Å². The average molecular weight is 368 g/mol. The van der Waals surface area contributed by atoms with Gasteiger partial charge in [-0.3, -0.25) is 0 Å². The Bertz CT molecular complexity index is 1010. The number of sulfonamides is 1. The molecule has 134 valence electrons. The fraction of sp³-hybridized carbons (Fsp3) is 0.263. The van der Waals surface area contributed by atoms with E-state index in [4.69, 9.17) is 0 Å². The third-order valence-corrected chi connectivity index (χ3v) is 6.39.